The summed E-state index contributed by atoms with van der Waals surface area (Å²) in [6, 6.07) is 5.28. The molecule has 1 aliphatic rings. The van der Waals surface area contributed by atoms with E-state index in [1.807, 2.05) is 0 Å². The van der Waals surface area contributed by atoms with Gasteiger partial charge in [-0.15, -0.1) is 5.10 Å². The van der Waals surface area contributed by atoms with E-state index in [1.54, 1.807) is 23.7 Å². The Morgan fingerprint density at radius 3 is 2.95 bits per heavy atom. The van der Waals surface area contributed by atoms with Crippen LogP contribution in [0.4, 0.5) is 0 Å². The molecule has 0 unspecified atom stereocenters. The quantitative estimate of drug-likeness (QED) is 0.890. The van der Waals surface area contributed by atoms with Gasteiger partial charge >= 0.3 is 5.97 Å². The first-order chi connectivity index (χ1) is 9.65. The van der Waals surface area contributed by atoms with Crippen LogP contribution in [0.3, 0.4) is 0 Å². The van der Waals surface area contributed by atoms with Crippen LogP contribution in [0.5, 0.6) is 5.75 Å². The van der Waals surface area contributed by atoms with E-state index in [4.69, 9.17) is 9.84 Å². The highest BCUT2D eigenvalue weighted by Gasteiger charge is 2.27. The molecule has 1 fully saturated rings. The van der Waals surface area contributed by atoms with Gasteiger partial charge in [-0.2, -0.15) is 0 Å². The molecule has 7 nitrogen and oxygen atoms in total. The highest BCUT2D eigenvalue weighted by Crippen LogP contribution is 2.34. The molecule has 3 rings (SSSR count). The minimum atomic E-state index is -0.938. The Balaban J connectivity index is 1.70. The molecule has 1 N–H and O–H groups in total. The highest BCUT2D eigenvalue weighted by molar-refractivity contribution is 5.89. The third-order valence-corrected chi connectivity index (χ3v) is 3.25. The molecular formula is C13H14N4O3. The number of rotatable bonds is 5. The number of hydrogen-bond acceptors (Lipinski definition) is 5. The van der Waals surface area contributed by atoms with E-state index in [2.05, 4.69) is 15.5 Å². The van der Waals surface area contributed by atoms with Crippen molar-refractivity contribution in [1.29, 1.82) is 0 Å². The number of carboxylic acid groups (broad SMARTS) is 1. The lowest BCUT2D eigenvalue weighted by Crippen LogP contribution is -2.07. The van der Waals surface area contributed by atoms with Crippen molar-refractivity contribution in [2.24, 2.45) is 0 Å². The molecule has 7 heteroatoms. The topological polar surface area (TPSA) is 90.1 Å². The number of aromatic nitrogens is 4. The van der Waals surface area contributed by atoms with E-state index in [1.165, 1.54) is 6.07 Å². The highest BCUT2D eigenvalue weighted by atomic mass is 16.5. The van der Waals surface area contributed by atoms with Crippen molar-refractivity contribution in [2.75, 3.05) is 0 Å². The minimum Gasteiger partial charge on any atom is -0.486 e. The van der Waals surface area contributed by atoms with E-state index in [0.717, 1.165) is 12.8 Å². The van der Waals surface area contributed by atoms with Crippen molar-refractivity contribution in [3.63, 3.8) is 0 Å². The maximum Gasteiger partial charge on any atom is 0.335 e. The Labute approximate surface area is 115 Å². The summed E-state index contributed by atoms with van der Waals surface area (Å²) in [6.45, 7) is 2.01. The van der Waals surface area contributed by atoms with Gasteiger partial charge in [-0.3, -0.25) is 0 Å². The minimum absolute atomic E-state index is 0.273. The SMILES string of the molecule is Cc1cc(OCc2nnnn2C2CC2)ccc1C(=O)O. The Bertz CT molecular complexity index is 649. The molecular weight excluding hydrogens is 260 g/mol. The van der Waals surface area contributed by atoms with Gasteiger partial charge in [-0.25, -0.2) is 9.48 Å². The fourth-order valence-corrected chi connectivity index (χ4v) is 2.02. The average molecular weight is 274 g/mol. The summed E-state index contributed by atoms with van der Waals surface area (Å²) in [5.41, 5.74) is 0.942. The van der Waals surface area contributed by atoms with Gasteiger partial charge in [0.2, 0.25) is 0 Å². The Kier molecular flexibility index (Phi) is 3.09. The Morgan fingerprint density at radius 2 is 2.30 bits per heavy atom. The molecule has 0 amide bonds. The standard InChI is InChI=1S/C13H14N4O3/c1-8-6-10(4-5-11(8)13(18)19)20-7-12-14-15-16-17(12)9-2-3-9/h4-6,9H,2-3,7H2,1H3,(H,18,19). The van der Waals surface area contributed by atoms with Gasteiger partial charge in [0.05, 0.1) is 11.6 Å². The smallest absolute Gasteiger partial charge is 0.335 e. The predicted octanol–water partition coefficient (Wildman–Crippen LogP) is 1.59. The van der Waals surface area contributed by atoms with Gasteiger partial charge in [0.1, 0.15) is 12.4 Å². The summed E-state index contributed by atoms with van der Waals surface area (Å²) >= 11 is 0. The van der Waals surface area contributed by atoms with E-state index in [9.17, 15) is 4.79 Å². The summed E-state index contributed by atoms with van der Waals surface area (Å²) in [4.78, 5) is 10.9. The zero-order valence-corrected chi connectivity index (χ0v) is 11.0. The molecule has 1 heterocycles. The van der Waals surface area contributed by atoms with Crippen molar-refractivity contribution in [3.05, 3.63) is 35.2 Å². The Hall–Kier alpha value is -2.44. The molecule has 20 heavy (non-hydrogen) atoms. The second kappa shape index (κ2) is 4.92. The lowest BCUT2D eigenvalue weighted by Gasteiger charge is -2.08. The van der Waals surface area contributed by atoms with Crippen molar-refractivity contribution in [3.8, 4) is 5.75 Å². The molecule has 1 aromatic heterocycles. The maximum atomic E-state index is 10.9. The molecule has 0 aliphatic heterocycles. The normalized spacial score (nSPS) is 14.2. The summed E-state index contributed by atoms with van der Waals surface area (Å²) in [5, 5.41) is 20.5. The summed E-state index contributed by atoms with van der Waals surface area (Å²) < 4.78 is 7.42. The number of nitrogens with zero attached hydrogens (tertiary/aromatic N) is 4. The molecule has 0 saturated heterocycles. The van der Waals surface area contributed by atoms with E-state index in [0.29, 0.717) is 23.2 Å². The van der Waals surface area contributed by atoms with Crippen molar-refractivity contribution >= 4 is 5.97 Å². The number of benzene rings is 1. The predicted molar refractivity (Wildman–Crippen MR) is 68.6 cm³/mol. The van der Waals surface area contributed by atoms with Crippen LogP contribution in [-0.4, -0.2) is 31.3 Å². The number of ether oxygens (including phenoxy) is 1. The molecule has 0 spiro atoms. The third-order valence-electron chi connectivity index (χ3n) is 3.25. The second-order valence-electron chi connectivity index (χ2n) is 4.84. The molecule has 2 aromatic rings. The summed E-state index contributed by atoms with van der Waals surface area (Å²) in [7, 11) is 0. The third kappa shape index (κ3) is 2.47. The monoisotopic (exact) mass is 274 g/mol. The molecule has 0 bridgehead atoms. The van der Waals surface area contributed by atoms with E-state index >= 15 is 0 Å². The molecule has 1 saturated carbocycles. The van der Waals surface area contributed by atoms with Gasteiger partial charge in [0.15, 0.2) is 5.82 Å². The first-order valence-electron chi connectivity index (χ1n) is 6.38. The molecule has 1 aromatic carbocycles. The number of hydrogen-bond donors (Lipinski definition) is 1. The van der Waals surface area contributed by atoms with E-state index < -0.39 is 5.97 Å². The Morgan fingerprint density at radius 1 is 1.50 bits per heavy atom. The zero-order chi connectivity index (χ0) is 14.1. The molecule has 0 radical (unpaired) electrons. The number of tetrazole rings is 1. The van der Waals surface area contributed by atoms with Crippen molar-refractivity contribution in [1.82, 2.24) is 20.2 Å². The maximum absolute atomic E-state index is 10.9. The van der Waals surface area contributed by atoms with Gasteiger partial charge in [-0.1, -0.05) is 0 Å². The van der Waals surface area contributed by atoms with Gasteiger partial charge in [-0.05, 0) is 54.0 Å². The van der Waals surface area contributed by atoms with Crippen LogP contribution >= 0.6 is 0 Å². The second-order valence-corrected chi connectivity index (χ2v) is 4.84. The zero-order valence-electron chi connectivity index (χ0n) is 11.0. The number of aromatic carboxylic acids is 1. The molecule has 0 atom stereocenters. The van der Waals surface area contributed by atoms with E-state index in [-0.39, 0.29) is 12.2 Å². The number of aryl methyl sites for hydroxylation is 1. The van der Waals surface area contributed by atoms with Crippen LogP contribution in [0.1, 0.15) is 40.6 Å². The first-order valence-corrected chi connectivity index (χ1v) is 6.38. The van der Waals surface area contributed by atoms with Gasteiger partial charge in [0.25, 0.3) is 0 Å². The van der Waals surface area contributed by atoms with Crippen molar-refractivity contribution < 1.29 is 14.6 Å². The molecule has 104 valence electrons. The molecule has 1 aliphatic carbocycles. The lowest BCUT2D eigenvalue weighted by molar-refractivity contribution is 0.0696. The van der Waals surface area contributed by atoms with Crippen LogP contribution in [0.25, 0.3) is 0 Å². The van der Waals surface area contributed by atoms with Crippen molar-refractivity contribution in [2.45, 2.75) is 32.4 Å². The van der Waals surface area contributed by atoms with Crippen LogP contribution in [0.15, 0.2) is 18.2 Å². The summed E-state index contributed by atoms with van der Waals surface area (Å²) in [5.74, 6) is 0.358. The van der Waals surface area contributed by atoms with Crippen LogP contribution in [0, 0.1) is 6.92 Å². The van der Waals surface area contributed by atoms with Crippen LogP contribution in [0.2, 0.25) is 0 Å². The fraction of sp³-hybridized carbons (Fsp3) is 0.385. The summed E-state index contributed by atoms with van der Waals surface area (Å²) in [6.07, 6.45) is 2.20. The average Bonchev–Trinajstić information content (AvgIpc) is 3.15. The van der Waals surface area contributed by atoms with Crippen LogP contribution < -0.4 is 4.74 Å². The fourth-order valence-electron chi connectivity index (χ4n) is 2.02. The van der Waals surface area contributed by atoms with Gasteiger partial charge in [0, 0.05) is 0 Å². The largest absolute Gasteiger partial charge is 0.486 e. The number of carboxylic acids is 1. The number of carbonyl (C=O) groups is 1. The van der Waals surface area contributed by atoms with Gasteiger partial charge < -0.3 is 9.84 Å². The lowest BCUT2D eigenvalue weighted by atomic mass is 10.1. The first kappa shape index (κ1) is 12.6. The van der Waals surface area contributed by atoms with Crippen LogP contribution in [-0.2, 0) is 6.61 Å².